The Morgan fingerprint density at radius 2 is 1.45 bits per heavy atom. The van der Waals surface area contributed by atoms with Gasteiger partial charge in [-0.15, -0.1) is 0 Å². The molecule has 1 atom stereocenters. The number of rotatable bonds is 9. The number of hydrogen-bond donors (Lipinski definition) is 0. The lowest BCUT2D eigenvalue weighted by Gasteiger charge is -2.18. The molecule has 0 heterocycles. The molecule has 164 valence electrons. The second-order valence-corrected chi connectivity index (χ2v) is 7.95. The molecule has 0 saturated carbocycles. The van der Waals surface area contributed by atoms with Gasteiger partial charge in [-0.1, -0.05) is 56.7 Å². The summed E-state index contributed by atoms with van der Waals surface area (Å²) in [5, 5.41) is 0. The molecule has 0 spiro atoms. The second kappa shape index (κ2) is 10.6. The molecule has 31 heavy (non-hydrogen) atoms. The SMILES string of the molecule is CCCOC(CCC)c1ccc(-c2cc(F)c(Cc3ccc(C)c(F)c3)c(F)c2)cc1. The third-order valence-corrected chi connectivity index (χ3v) is 5.45. The van der Waals surface area contributed by atoms with Crippen molar-refractivity contribution < 1.29 is 17.9 Å². The van der Waals surface area contributed by atoms with Crippen molar-refractivity contribution in [2.24, 2.45) is 0 Å². The number of benzene rings is 3. The molecule has 0 radical (unpaired) electrons. The Balaban J connectivity index is 1.82. The van der Waals surface area contributed by atoms with Crippen LogP contribution in [0.25, 0.3) is 11.1 Å². The van der Waals surface area contributed by atoms with E-state index in [0.29, 0.717) is 23.3 Å². The normalized spacial score (nSPS) is 12.2. The van der Waals surface area contributed by atoms with Crippen molar-refractivity contribution in [1.82, 2.24) is 0 Å². The minimum absolute atomic E-state index is 0.00154. The minimum Gasteiger partial charge on any atom is -0.374 e. The van der Waals surface area contributed by atoms with Crippen LogP contribution in [0.2, 0.25) is 0 Å². The highest BCUT2D eigenvalue weighted by molar-refractivity contribution is 5.64. The van der Waals surface area contributed by atoms with Crippen LogP contribution in [0.3, 0.4) is 0 Å². The van der Waals surface area contributed by atoms with Crippen molar-refractivity contribution in [3.05, 3.63) is 94.3 Å². The standard InChI is InChI=1S/C27H29F3O/c1-4-6-27(31-13-5-2)21-11-9-20(10-12-21)22-16-25(29)23(26(30)17-22)14-19-8-7-18(3)24(28)15-19/h7-12,15-17,27H,4-6,13-14H2,1-3H3. The molecule has 1 nitrogen and oxygen atoms in total. The fourth-order valence-electron chi connectivity index (χ4n) is 3.65. The van der Waals surface area contributed by atoms with Crippen LogP contribution in [0.5, 0.6) is 0 Å². The largest absolute Gasteiger partial charge is 0.374 e. The van der Waals surface area contributed by atoms with Gasteiger partial charge >= 0.3 is 0 Å². The quantitative estimate of drug-likeness (QED) is 0.337. The van der Waals surface area contributed by atoms with Gasteiger partial charge in [0.05, 0.1) is 6.10 Å². The van der Waals surface area contributed by atoms with Crippen molar-refractivity contribution in [2.75, 3.05) is 6.61 Å². The van der Waals surface area contributed by atoms with Gasteiger partial charge in [-0.05, 0) is 65.8 Å². The third kappa shape index (κ3) is 5.76. The van der Waals surface area contributed by atoms with Crippen molar-refractivity contribution in [3.63, 3.8) is 0 Å². The van der Waals surface area contributed by atoms with Gasteiger partial charge in [0.1, 0.15) is 17.5 Å². The molecule has 1 unspecified atom stereocenters. The lowest BCUT2D eigenvalue weighted by molar-refractivity contribution is 0.0465. The molecule has 3 aromatic rings. The van der Waals surface area contributed by atoms with Gasteiger partial charge in [-0.2, -0.15) is 0 Å². The lowest BCUT2D eigenvalue weighted by atomic mass is 9.96. The molecule has 0 saturated heterocycles. The van der Waals surface area contributed by atoms with Gasteiger partial charge in [-0.25, -0.2) is 13.2 Å². The summed E-state index contributed by atoms with van der Waals surface area (Å²) in [7, 11) is 0. The van der Waals surface area contributed by atoms with Crippen LogP contribution in [0, 0.1) is 24.4 Å². The average Bonchev–Trinajstić information content (AvgIpc) is 2.76. The van der Waals surface area contributed by atoms with E-state index in [0.717, 1.165) is 30.4 Å². The van der Waals surface area contributed by atoms with Crippen LogP contribution in [0.15, 0.2) is 54.6 Å². The topological polar surface area (TPSA) is 9.23 Å². The first-order valence-electron chi connectivity index (χ1n) is 10.9. The molecular formula is C27H29F3O. The van der Waals surface area contributed by atoms with E-state index < -0.39 is 11.6 Å². The first-order chi connectivity index (χ1) is 14.9. The van der Waals surface area contributed by atoms with Gasteiger partial charge in [0.25, 0.3) is 0 Å². The number of aryl methyl sites for hydroxylation is 1. The van der Waals surface area contributed by atoms with E-state index in [9.17, 15) is 13.2 Å². The Hall–Kier alpha value is -2.59. The summed E-state index contributed by atoms with van der Waals surface area (Å²) in [6.07, 6.45) is 2.93. The summed E-state index contributed by atoms with van der Waals surface area (Å²) in [5.74, 6) is -1.63. The summed E-state index contributed by atoms with van der Waals surface area (Å²) < 4.78 is 49.2. The predicted molar refractivity (Wildman–Crippen MR) is 120 cm³/mol. The van der Waals surface area contributed by atoms with E-state index in [1.165, 1.54) is 18.2 Å². The summed E-state index contributed by atoms with van der Waals surface area (Å²) in [6, 6.07) is 15.0. The number of hydrogen-bond acceptors (Lipinski definition) is 1. The molecule has 0 fully saturated rings. The Morgan fingerprint density at radius 3 is 2.03 bits per heavy atom. The highest BCUT2D eigenvalue weighted by Crippen LogP contribution is 2.29. The van der Waals surface area contributed by atoms with Gasteiger partial charge in [0.15, 0.2) is 0 Å². The van der Waals surface area contributed by atoms with E-state index in [1.54, 1.807) is 19.1 Å². The zero-order valence-corrected chi connectivity index (χ0v) is 18.4. The molecule has 0 aromatic heterocycles. The van der Waals surface area contributed by atoms with Gasteiger partial charge in [0, 0.05) is 18.6 Å². The van der Waals surface area contributed by atoms with Crippen LogP contribution < -0.4 is 0 Å². The van der Waals surface area contributed by atoms with Crippen molar-refractivity contribution in [2.45, 2.75) is 52.6 Å². The number of halogens is 3. The maximum atomic E-state index is 14.8. The summed E-state index contributed by atoms with van der Waals surface area (Å²) in [4.78, 5) is 0. The molecule has 3 aromatic carbocycles. The van der Waals surface area contributed by atoms with Gasteiger partial charge in [0.2, 0.25) is 0 Å². The van der Waals surface area contributed by atoms with E-state index in [2.05, 4.69) is 13.8 Å². The van der Waals surface area contributed by atoms with E-state index in [-0.39, 0.29) is 23.9 Å². The maximum absolute atomic E-state index is 14.8. The molecule has 0 aliphatic heterocycles. The van der Waals surface area contributed by atoms with Gasteiger partial charge < -0.3 is 4.74 Å². The fraction of sp³-hybridized carbons (Fsp3) is 0.333. The highest BCUT2D eigenvalue weighted by Gasteiger charge is 2.15. The van der Waals surface area contributed by atoms with E-state index in [1.807, 2.05) is 24.3 Å². The molecule has 0 aliphatic carbocycles. The van der Waals surface area contributed by atoms with Crippen LogP contribution in [0.1, 0.15) is 61.5 Å². The molecule has 4 heteroatoms. The van der Waals surface area contributed by atoms with Crippen molar-refractivity contribution >= 4 is 0 Å². The second-order valence-electron chi connectivity index (χ2n) is 7.95. The first-order valence-corrected chi connectivity index (χ1v) is 10.9. The molecule has 0 N–H and O–H groups in total. The highest BCUT2D eigenvalue weighted by atomic mass is 19.1. The Kier molecular flexibility index (Phi) is 7.91. The first kappa shape index (κ1) is 23.1. The molecule has 0 aliphatic rings. The van der Waals surface area contributed by atoms with Crippen molar-refractivity contribution in [3.8, 4) is 11.1 Å². The Morgan fingerprint density at radius 1 is 0.774 bits per heavy atom. The monoisotopic (exact) mass is 426 g/mol. The van der Waals surface area contributed by atoms with Crippen LogP contribution >= 0.6 is 0 Å². The zero-order valence-electron chi connectivity index (χ0n) is 18.4. The summed E-state index contributed by atoms with van der Waals surface area (Å²) in [6.45, 7) is 6.55. The van der Waals surface area contributed by atoms with E-state index in [4.69, 9.17) is 4.74 Å². The van der Waals surface area contributed by atoms with Crippen LogP contribution in [-0.2, 0) is 11.2 Å². The molecule has 0 bridgehead atoms. The Bertz CT molecular complexity index is 988. The van der Waals surface area contributed by atoms with Gasteiger partial charge in [-0.3, -0.25) is 0 Å². The zero-order chi connectivity index (χ0) is 22.4. The maximum Gasteiger partial charge on any atom is 0.130 e. The number of ether oxygens (including phenoxy) is 1. The van der Waals surface area contributed by atoms with E-state index >= 15 is 0 Å². The fourth-order valence-corrected chi connectivity index (χ4v) is 3.65. The van der Waals surface area contributed by atoms with Crippen LogP contribution in [-0.4, -0.2) is 6.61 Å². The predicted octanol–water partition coefficient (Wildman–Crippen LogP) is 7.94. The lowest BCUT2D eigenvalue weighted by Crippen LogP contribution is -2.05. The molecule has 3 rings (SSSR count). The summed E-state index contributed by atoms with van der Waals surface area (Å²) in [5.41, 5.74) is 3.26. The minimum atomic E-state index is -0.629. The Labute approximate surface area is 182 Å². The smallest absolute Gasteiger partial charge is 0.130 e. The average molecular weight is 427 g/mol. The molecular weight excluding hydrogens is 397 g/mol. The van der Waals surface area contributed by atoms with Crippen LogP contribution in [0.4, 0.5) is 13.2 Å². The third-order valence-electron chi connectivity index (χ3n) is 5.45. The van der Waals surface area contributed by atoms with Crippen molar-refractivity contribution in [1.29, 1.82) is 0 Å². The molecule has 0 amide bonds. The summed E-state index contributed by atoms with van der Waals surface area (Å²) >= 11 is 0.